The summed E-state index contributed by atoms with van der Waals surface area (Å²) in [4.78, 5) is 12.1. The number of carbonyl (C=O) groups excluding carboxylic acids is 1. The monoisotopic (exact) mass is 317 g/mol. The molecule has 1 N–H and O–H groups in total. The van der Waals surface area contributed by atoms with E-state index in [4.69, 9.17) is 34.8 Å². The molecule has 19 heavy (non-hydrogen) atoms. The van der Waals surface area contributed by atoms with E-state index >= 15 is 0 Å². The second-order valence-corrected chi connectivity index (χ2v) is 4.95. The van der Waals surface area contributed by atoms with Crippen LogP contribution in [0.4, 0.5) is 5.69 Å². The molecule has 1 aromatic heterocycles. The molecule has 0 aliphatic heterocycles. The summed E-state index contributed by atoms with van der Waals surface area (Å²) in [6.07, 6.45) is 1.59. The number of para-hydroxylation sites is 1. The fourth-order valence-corrected chi connectivity index (χ4v) is 2.23. The second kappa shape index (κ2) is 5.82. The van der Waals surface area contributed by atoms with E-state index in [1.807, 2.05) is 6.92 Å². The van der Waals surface area contributed by atoms with Gasteiger partial charge in [0.05, 0.1) is 20.8 Å². The zero-order valence-corrected chi connectivity index (χ0v) is 12.2. The first kappa shape index (κ1) is 14.2. The molecule has 0 saturated carbocycles. The summed E-state index contributed by atoms with van der Waals surface area (Å²) in [7, 11) is 0. The van der Waals surface area contributed by atoms with Crippen molar-refractivity contribution in [3.8, 4) is 0 Å². The van der Waals surface area contributed by atoms with Crippen molar-refractivity contribution in [1.29, 1.82) is 0 Å². The highest BCUT2D eigenvalue weighted by atomic mass is 35.5. The SMILES string of the molecule is CCn1cc(Cl)c(C(=O)Nc2c(Cl)cccc2Cl)n1. The van der Waals surface area contributed by atoms with Crippen molar-refractivity contribution in [1.82, 2.24) is 9.78 Å². The number of hydrogen-bond acceptors (Lipinski definition) is 2. The lowest BCUT2D eigenvalue weighted by Gasteiger charge is -2.07. The number of halogens is 3. The van der Waals surface area contributed by atoms with Crippen LogP contribution < -0.4 is 5.32 Å². The number of hydrogen-bond donors (Lipinski definition) is 1. The Labute approximate surface area is 125 Å². The van der Waals surface area contributed by atoms with Gasteiger partial charge < -0.3 is 5.32 Å². The zero-order chi connectivity index (χ0) is 14.0. The van der Waals surface area contributed by atoms with Crippen molar-refractivity contribution in [3.63, 3.8) is 0 Å². The molecule has 0 bridgehead atoms. The van der Waals surface area contributed by atoms with Crippen LogP contribution >= 0.6 is 34.8 Å². The summed E-state index contributed by atoms with van der Waals surface area (Å²) < 4.78 is 1.57. The van der Waals surface area contributed by atoms with Crippen LogP contribution in [0.1, 0.15) is 17.4 Å². The van der Waals surface area contributed by atoms with Crippen molar-refractivity contribution < 1.29 is 4.79 Å². The molecule has 0 unspecified atom stereocenters. The molecule has 1 heterocycles. The van der Waals surface area contributed by atoms with E-state index in [-0.39, 0.29) is 10.7 Å². The van der Waals surface area contributed by atoms with Crippen LogP contribution in [0.5, 0.6) is 0 Å². The molecular weight excluding hydrogens is 309 g/mol. The Bertz CT molecular complexity index is 604. The lowest BCUT2D eigenvalue weighted by Crippen LogP contribution is -2.14. The van der Waals surface area contributed by atoms with Gasteiger partial charge in [-0.05, 0) is 19.1 Å². The van der Waals surface area contributed by atoms with E-state index in [0.717, 1.165) is 0 Å². The van der Waals surface area contributed by atoms with E-state index in [9.17, 15) is 4.79 Å². The van der Waals surface area contributed by atoms with Gasteiger partial charge in [-0.1, -0.05) is 40.9 Å². The van der Waals surface area contributed by atoms with Gasteiger partial charge in [0.15, 0.2) is 5.69 Å². The number of benzene rings is 1. The number of amides is 1. The topological polar surface area (TPSA) is 46.9 Å². The highest BCUT2D eigenvalue weighted by molar-refractivity contribution is 6.40. The molecule has 0 aliphatic carbocycles. The molecule has 1 amide bonds. The summed E-state index contributed by atoms with van der Waals surface area (Å²) >= 11 is 17.9. The van der Waals surface area contributed by atoms with Gasteiger partial charge >= 0.3 is 0 Å². The third-order valence-electron chi connectivity index (χ3n) is 2.46. The van der Waals surface area contributed by atoms with Gasteiger partial charge in [-0.2, -0.15) is 5.10 Å². The number of aromatic nitrogens is 2. The van der Waals surface area contributed by atoms with Crippen LogP contribution in [0.25, 0.3) is 0 Å². The normalized spacial score (nSPS) is 10.5. The number of rotatable bonds is 3. The van der Waals surface area contributed by atoms with Crippen LogP contribution in [0.15, 0.2) is 24.4 Å². The van der Waals surface area contributed by atoms with Crippen molar-refractivity contribution in [2.24, 2.45) is 0 Å². The van der Waals surface area contributed by atoms with E-state index in [1.165, 1.54) is 0 Å². The molecule has 2 rings (SSSR count). The Hall–Kier alpha value is -1.23. The maximum atomic E-state index is 12.1. The van der Waals surface area contributed by atoms with Gasteiger partial charge in [-0.25, -0.2) is 0 Å². The fraction of sp³-hybridized carbons (Fsp3) is 0.167. The van der Waals surface area contributed by atoms with Crippen LogP contribution in [0, 0.1) is 0 Å². The number of carbonyl (C=O) groups is 1. The maximum absolute atomic E-state index is 12.1. The molecular formula is C12H10Cl3N3O. The number of nitrogens with one attached hydrogen (secondary N) is 1. The lowest BCUT2D eigenvalue weighted by atomic mass is 10.3. The minimum absolute atomic E-state index is 0.138. The molecule has 0 spiro atoms. The van der Waals surface area contributed by atoms with Crippen molar-refractivity contribution >= 4 is 46.4 Å². The Morgan fingerprint density at radius 1 is 1.26 bits per heavy atom. The average molecular weight is 319 g/mol. The van der Waals surface area contributed by atoms with Crippen LogP contribution in [0.3, 0.4) is 0 Å². The minimum Gasteiger partial charge on any atom is -0.318 e. The Kier molecular flexibility index (Phi) is 4.34. The lowest BCUT2D eigenvalue weighted by molar-refractivity contribution is 0.102. The molecule has 0 atom stereocenters. The molecule has 4 nitrogen and oxygen atoms in total. The summed E-state index contributed by atoms with van der Waals surface area (Å²) in [5.74, 6) is -0.452. The molecule has 7 heteroatoms. The third-order valence-corrected chi connectivity index (χ3v) is 3.36. The number of anilines is 1. The Morgan fingerprint density at radius 3 is 2.42 bits per heavy atom. The highest BCUT2D eigenvalue weighted by Gasteiger charge is 2.17. The van der Waals surface area contributed by atoms with Gasteiger partial charge in [-0.3, -0.25) is 9.48 Å². The van der Waals surface area contributed by atoms with Crippen LogP contribution in [-0.2, 0) is 6.54 Å². The molecule has 100 valence electrons. The van der Waals surface area contributed by atoms with Gasteiger partial charge in [0.1, 0.15) is 0 Å². The third kappa shape index (κ3) is 3.03. The standard InChI is InChI=1S/C12H10Cl3N3O/c1-2-18-6-9(15)11(17-18)12(19)16-10-7(13)4-3-5-8(10)14/h3-6H,2H2,1H3,(H,16,19). The average Bonchev–Trinajstić information content (AvgIpc) is 2.75. The van der Waals surface area contributed by atoms with E-state index < -0.39 is 5.91 Å². The van der Waals surface area contributed by atoms with Gasteiger partial charge in [-0.15, -0.1) is 0 Å². The largest absolute Gasteiger partial charge is 0.318 e. The second-order valence-electron chi connectivity index (χ2n) is 3.73. The van der Waals surface area contributed by atoms with Gasteiger partial charge in [0.25, 0.3) is 5.91 Å². The first-order valence-corrected chi connectivity index (χ1v) is 6.64. The van der Waals surface area contributed by atoms with Crippen molar-refractivity contribution in [3.05, 3.63) is 45.2 Å². The Balaban J connectivity index is 2.28. The fourth-order valence-electron chi connectivity index (χ4n) is 1.50. The maximum Gasteiger partial charge on any atom is 0.277 e. The molecule has 0 fully saturated rings. The minimum atomic E-state index is -0.452. The molecule has 0 radical (unpaired) electrons. The zero-order valence-electron chi connectivity index (χ0n) is 9.95. The highest BCUT2D eigenvalue weighted by Crippen LogP contribution is 2.30. The Morgan fingerprint density at radius 2 is 1.89 bits per heavy atom. The smallest absolute Gasteiger partial charge is 0.277 e. The van der Waals surface area contributed by atoms with E-state index in [0.29, 0.717) is 22.3 Å². The van der Waals surface area contributed by atoms with E-state index in [1.54, 1.807) is 29.1 Å². The molecule has 0 aliphatic rings. The summed E-state index contributed by atoms with van der Waals surface area (Å²) in [5.41, 5.74) is 0.484. The van der Waals surface area contributed by atoms with Crippen molar-refractivity contribution in [2.75, 3.05) is 5.32 Å². The predicted octanol–water partition coefficient (Wildman–Crippen LogP) is 4.12. The first-order chi connectivity index (χ1) is 9.02. The van der Waals surface area contributed by atoms with Crippen LogP contribution in [-0.4, -0.2) is 15.7 Å². The summed E-state index contributed by atoms with van der Waals surface area (Å²) in [6, 6.07) is 4.96. The first-order valence-electron chi connectivity index (χ1n) is 5.51. The summed E-state index contributed by atoms with van der Waals surface area (Å²) in [6.45, 7) is 2.52. The summed E-state index contributed by atoms with van der Waals surface area (Å²) in [5, 5.41) is 7.67. The molecule has 1 aromatic carbocycles. The number of aryl methyl sites for hydroxylation is 1. The van der Waals surface area contributed by atoms with Crippen molar-refractivity contribution in [2.45, 2.75) is 13.5 Å². The van der Waals surface area contributed by atoms with Crippen LogP contribution in [0.2, 0.25) is 15.1 Å². The predicted molar refractivity (Wildman–Crippen MR) is 77.3 cm³/mol. The van der Waals surface area contributed by atoms with Gasteiger partial charge in [0.2, 0.25) is 0 Å². The molecule has 2 aromatic rings. The number of nitrogens with zero attached hydrogens (tertiary/aromatic N) is 2. The quantitative estimate of drug-likeness (QED) is 0.925. The molecule has 0 saturated heterocycles. The van der Waals surface area contributed by atoms with E-state index in [2.05, 4.69) is 10.4 Å². The van der Waals surface area contributed by atoms with Gasteiger partial charge in [0, 0.05) is 12.7 Å².